The van der Waals surface area contributed by atoms with Crippen molar-refractivity contribution in [3.8, 4) is 0 Å². The highest BCUT2D eigenvalue weighted by molar-refractivity contribution is 7.91. The summed E-state index contributed by atoms with van der Waals surface area (Å²) in [5.41, 5.74) is 3.77. The zero-order chi connectivity index (χ0) is 26.9. The Kier molecular flexibility index (Phi) is 6.94. The first kappa shape index (κ1) is 25.5. The molecular formula is C27H25N3O7S. The molecule has 5 rings (SSSR count). The van der Waals surface area contributed by atoms with Gasteiger partial charge in [0.15, 0.2) is 16.4 Å². The summed E-state index contributed by atoms with van der Waals surface area (Å²) < 4.78 is 28.7. The van der Waals surface area contributed by atoms with Crippen molar-refractivity contribution in [1.29, 1.82) is 0 Å². The van der Waals surface area contributed by atoms with Gasteiger partial charge >= 0.3 is 5.97 Å². The molecular weight excluding hydrogens is 510 g/mol. The maximum atomic E-state index is 13.3. The Bertz CT molecular complexity index is 1600. The first-order valence-electron chi connectivity index (χ1n) is 12.2. The van der Waals surface area contributed by atoms with Crippen molar-refractivity contribution in [2.45, 2.75) is 31.7 Å². The number of benzene rings is 2. The molecule has 2 aromatic carbocycles. The molecule has 38 heavy (non-hydrogen) atoms. The Morgan fingerprint density at radius 1 is 1.16 bits per heavy atom. The number of sulfone groups is 1. The van der Waals surface area contributed by atoms with Crippen LogP contribution in [-0.2, 0) is 25.8 Å². The highest BCUT2D eigenvalue weighted by Gasteiger charge is 2.30. The number of carbonyl (C=O) groups is 2. The van der Waals surface area contributed by atoms with Gasteiger partial charge < -0.3 is 10.1 Å². The topological polar surface area (TPSA) is 146 Å². The Morgan fingerprint density at radius 2 is 1.97 bits per heavy atom. The van der Waals surface area contributed by atoms with E-state index in [1.54, 1.807) is 30.3 Å². The number of allylic oxidation sites excluding steroid dienone is 1. The van der Waals surface area contributed by atoms with Gasteiger partial charge in [-0.05, 0) is 54.5 Å². The van der Waals surface area contributed by atoms with E-state index in [0.717, 1.165) is 12.0 Å². The molecule has 0 unspecified atom stereocenters. The second-order valence-corrected chi connectivity index (χ2v) is 11.7. The van der Waals surface area contributed by atoms with Crippen molar-refractivity contribution in [3.63, 3.8) is 0 Å². The van der Waals surface area contributed by atoms with Crippen LogP contribution in [0.3, 0.4) is 0 Å². The lowest BCUT2D eigenvalue weighted by atomic mass is 9.86. The Balaban J connectivity index is 1.45. The monoisotopic (exact) mass is 535 g/mol. The summed E-state index contributed by atoms with van der Waals surface area (Å²) >= 11 is 0. The molecule has 0 bridgehead atoms. The third-order valence-corrected chi connectivity index (χ3v) is 8.50. The number of rotatable bonds is 6. The Labute approximate surface area is 218 Å². The van der Waals surface area contributed by atoms with Gasteiger partial charge in [-0.3, -0.25) is 14.9 Å². The third-order valence-electron chi connectivity index (χ3n) is 6.73. The van der Waals surface area contributed by atoms with Crippen molar-refractivity contribution in [2.75, 3.05) is 18.1 Å². The Hall–Kier alpha value is -4.12. The number of carbonyl (C=O) groups excluding carboxylic acids is 2. The molecule has 11 heteroatoms. The smallest absolute Gasteiger partial charge is 0.339 e. The van der Waals surface area contributed by atoms with Crippen molar-refractivity contribution < 1.29 is 27.7 Å². The van der Waals surface area contributed by atoms with E-state index in [0.29, 0.717) is 52.5 Å². The van der Waals surface area contributed by atoms with Crippen LogP contribution in [0.5, 0.6) is 0 Å². The predicted octanol–water partition coefficient (Wildman–Crippen LogP) is 3.48. The zero-order valence-electron chi connectivity index (χ0n) is 20.4. The van der Waals surface area contributed by atoms with E-state index in [4.69, 9.17) is 9.72 Å². The molecule has 1 aliphatic carbocycles. The van der Waals surface area contributed by atoms with Crippen LogP contribution in [0.4, 0.5) is 5.69 Å². The number of nitro groups is 1. The van der Waals surface area contributed by atoms with Crippen molar-refractivity contribution in [1.82, 2.24) is 10.3 Å². The average Bonchev–Trinajstić information content (AvgIpc) is 3.24. The molecule has 0 saturated carbocycles. The largest absolute Gasteiger partial charge is 0.452 e. The number of nitrogens with one attached hydrogen (secondary N) is 1. The molecule has 1 atom stereocenters. The lowest BCUT2D eigenvalue weighted by molar-refractivity contribution is -0.384. The maximum Gasteiger partial charge on any atom is 0.339 e. The minimum absolute atomic E-state index is 0.0143. The average molecular weight is 536 g/mol. The molecule has 1 aromatic heterocycles. The van der Waals surface area contributed by atoms with E-state index in [1.165, 1.54) is 12.1 Å². The molecule has 1 fully saturated rings. The number of esters is 1. The molecule has 2 aliphatic rings. The number of nitro benzene ring substituents is 1. The fourth-order valence-electron chi connectivity index (χ4n) is 5.02. The van der Waals surface area contributed by atoms with Gasteiger partial charge in [0, 0.05) is 23.6 Å². The van der Waals surface area contributed by atoms with Gasteiger partial charge in [0.05, 0.1) is 33.2 Å². The van der Waals surface area contributed by atoms with Gasteiger partial charge in [-0.25, -0.2) is 18.2 Å². The second kappa shape index (κ2) is 10.3. The highest BCUT2D eigenvalue weighted by atomic mass is 32.2. The number of nitrogens with zero attached hydrogens (tertiary/aromatic N) is 2. The van der Waals surface area contributed by atoms with Crippen LogP contribution in [0.1, 0.15) is 46.4 Å². The molecule has 1 amide bonds. The minimum atomic E-state index is -3.15. The lowest BCUT2D eigenvalue weighted by Gasteiger charge is -2.22. The fourth-order valence-corrected chi connectivity index (χ4v) is 6.69. The van der Waals surface area contributed by atoms with E-state index >= 15 is 0 Å². The lowest BCUT2D eigenvalue weighted by Crippen LogP contribution is -2.38. The van der Waals surface area contributed by atoms with Gasteiger partial charge in [0.1, 0.15) is 0 Å². The molecule has 10 nitrogen and oxygen atoms in total. The minimum Gasteiger partial charge on any atom is -0.452 e. The van der Waals surface area contributed by atoms with Gasteiger partial charge in [-0.15, -0.1) is 0 Å². The summed E-state index contributed by atoms with van der Waals surface area (Å²) in [6.07, 6.45) is 4.19. The predicted molar refractivity (Wildman–Crippen MR) is 141 cm³/mol. The van der Waals surface area contributed by atoms with Gasteiger partial charge in [-0.1, -0.05) is 30.3 Å². The standard InChI is InChI=1S/C27H25N3O7S/c31-24(28-19-11-12-38(35,36)16-19)15-37-27(32)25-21-8-1-2-10-23(21)29-26-18(6-4-9-22(25)26)13-17-5-3-7-20(14-17)30(33)34/h1-3,5,7-8,10,13-14,19H,4,6,9,11-12,15-16H2,(H,28,31)/b18-13+/t19-/m1/s1. The van der Waals surface area contributed by atoms with Crippen LogP contribution >= 0.6 is 0 Å². The zero-order valence-corrected chi connectivity index (χ0v) is 21.2. The van der Waals surface area contributed by atoms with Gasteiger partial charge in [0.25, 0.3) is 11.6 Å². The van der Waals surface area contributed by atoms with Crippen molar-refractivity contribution in [3.05, 3.63) is 81.0 Å². The van der Waals surface area contributed by atoms with E-state index < -0.39 is 39.3 Å². The molecule has 1 N–H and O–H groups in total. The number of hydrogen-bond donors (Lipinski definition) is 1. The number of pyridine rings is 1. The summed E-state index contributed by atoms with van der Waals surface area (Å²) in [7, 11) is -3.15. The maximum absolute atomic E-state index is 13.3. The van der Waals surface area contributed by atoms with Crippen LogP contribution in [0, 0.1) is 10.1 Å². The normalized spacial score (nSPS) is 19.2. The first-order valence-corrected chi connectivity index (χ1v) is 14.1. The van der Waals surface area contributed by atoms with Crippen LogP contribution < -0.4 is 5.32 Å². The molecule has 1 aliphatic heterocycles. The molecule has 3 aromatic rings. The molecule has 0 spiro atoms. The third kappa shape index (κ3) is 5.42. The van der Waals surface area contributed by atoms with Crippen molar-refractivity contribution >= 4 is 50.0 Å². The van der Waals surface area contributed by atoms with E-state index in [9.17, 15) is 28.1 Å². The number of ether oxygens (including phenoxy) is 1. The van der Waals surface area contributed by atoms with Crippen molar-refractivity contribution in [2.24, 2.45) is 0 Å². The van der Waals surface area contributed by atoms with E-state index in [1.807, 2.05) is 12.1 Å². The molecule has 196 valence electrons. The second-order valence-electron chi connectivity index (χ2n) is 9.45. The first-order chi connectivity index (χ1) is 18.2. The van der Waals surface area contributed by atoms with E-state index in [-0.39, 0.29) is 17.2 Å². The summed E-state index contributed by atoms with van der Waals surface area (Å²) in [6.45, 7) is -0.531. The van der Waals surface area contributed by atoms with Crippen LogP contribution in [0.2, 0.25) is 0 Å². The van der Waals surface area contributed by atoms with Crippen LogP contribution in [0.25, 0.3) is 22.6 Å². The summed E-state index contributed by atoms with van der Waals surface area (Å²) in [6, 6.07) is 13.0. The number of hydrogen-bond acceptors (Lipinski definition) is 8. The van der Waals surface area contributed by atoms with Gasteiger partial charge in [-0.2, -0.15) is 0 Å². The molecule has 0 radical (unpaired) electrons. The molecule has 1 saturated heterocycles. The summed E-state index contributed by atoms with van der Waals surface area (Å²) in [5, 5.41) is 14.4. The quantitative estimate of drug-likeness (QED) is 0.287. The fraction of sp³-hybridized carbons (Fsp3) is 0.296. The van der Waals surface area contributed by atoms with Crippen LogP contribution in [0.15, 0.2) is 48.5 Å². The number of fused-ring (bicyclic) bond motifs is 2. The Morgan fingerprint density at radius 3 is 2.74 bits per heavy atom. The van der Waals surface area contributed by atoms with E-state index in [2.05, 4.69) is 5.32 Å². The SMILES string of the molecule is O=C(COC(=O)c1c2c(nc3ccccc13)/C(=C/c1cccc([N+](=O)[O-])c1)CCC2)N[C@@H]1CCS(=O)(=O)C1. The summed E-state index contributed by atoms with van der Waals surface area (Å²) in [5.74, 6) is -1.31. The van der Waals surface area contributed by atoms with Gasteiger partial charge in [0.2, 0.25) is 0 Å². The summed E-state index contributed by atoms with van der Waals surface area (Å²) in [4.78, 5) is 41.3. The number of amides is 1. The number of para-hydroxylation sites is 1. The van der Waals surface area contributed by atoms with Crippen LogP contribution in [-0.4, -0.2) is 54.4 Å². The highest BCUT2D eigenvalue weighted by Crippen LogP contribution is 2.36. The molecule has 2 heterocycles. The number of non-ortho nitro benzene ring substituents is 1. The number of aromatic nitrogens is 1.